The Morgan fingerprint density at radius 3 is 0.623 bits per heavy atom. The van der Waals surface area contributed by atoms with E-state index in [1.807, 2.05) is 38.0 Å². The van der Waals surface area contributed by atoms with E-state index in [0.29, 0.717) is 15.5 Å². The van der Waals surface area contributed by atoms with Gasteiger partial charge in [-0.15, -0.1) is 0 Å². The molecule has 0 fully saturated rings. The van der Waals surface area contributed by atoms with E-state index in [4.69, 9.17) is 20.4 Å². The van der Waals surface area contributed by atoms with Gasteiger partial charge in [0.25, 0.3) is 11.8 Å². The van der Waals surface area contributed by atoms with Crippen molar-refractivity contribution in [2.45, 2.75) is 402 Å². The maximum Gasteiger partial charge on any atom is 0.277 e. The van der Waals surface area contributed by atoms with Crippen LogP contribution in [-0.4, -0.2) is 404 Å². The molecule has 0 aliphatic carbocycles. The van der Waals surface area contributed by atoms with E-state index in [1.54, 1.807) is 7.05 Å². The number of aliphatic hydroxyl groups excluding tert-OH is 17. The molecular formula is C93H196N8O21+2. The Morgan fingerprint density at radius 2 is 0.418 bits per heavy atom. The Morgan fingerprint density at radius 1 is 0.238 bits per heavy atom. The first-order valence-electron chi connectivity index (χ1n) is 48.1. The van der Waals surface area contributed by atoms with E-state index in [0.717, 1.165) is 71.1 Å². The van der Waals surface area contributed by atoms with Gasteiger partial charge in [-0.05, 0) is 65.7 Å². The van der Waals surface area contributed by atoms with Crippen LogP contribution in [0, 0.1) is 0 Å². The number of rotatable bonds is 79. The predicted octanol–water partition coefficient (Wildman–Crippen LogP) is 7.48. The molecule has 122 heavy (non-hydrogen) atoms. The second kappa shape index (κ2) is 82.5. The van der Waals surface area contributed by atoms with Crippen molar-refractivity contribution in [1.29, 1.82) is 0 Å². The topological polar surface area (TPSA) is 432 Å². The van der Waals surface area contributed by atoms with E-state index >= 15 is 0 Å². The molecule has 0 spiro atoms. The Labute approximate surface area is 742 Å². The van der Waals surface area contributed by atoms with E-state index in [2.05, 4.69) is 41.8 Å². The van der Waals surface area contributed by atoms with Gasteiger partial charge in [0.2, 0.25) is 11.8 Å². The molecule has 0 aromatic heterocycles. The van der Waals surface area contributed by atoms with Crippen LogP contribution in [-0.2, 0) is 19.2 Å². The monoisotopic (exact) mass is 1760 g/mol. The highest BCUT2D eigenvalue weighted by Crippen LogP contribution is 2.19. The lowest BCUT2D eigenvalue weighted by Gasteiger charge is -2.32. The van der Waals surface area contributed by atoms with Gasteiger partial charge in [-0.3, -0.25) is 29.0 Å². The highest BCUT2D eigenvalue weighted by molar-refractivity contribution is 5.79. The maximum atomic E-state index is 12.6. The standard InChI is InChI=1S/C25H53N2O6.C24H50N2O6.C22H46N2O6.C22H47N2O3/c1-5-6-7-8-9-10-11-12-13-14-15-16-17-27(3,4)19-23(31)26(2)18-21(29)24(32)25(33)22(30)20-28;1-4-5-6-7-8-9-10-11-12-13-14-15-16-25(2)18-22(30)26(3)17-20(28)23(31)24(32)21(29)19-27;1-4-5-6-7-8-9-10-11-12-13-14-23(2)16-20(28)24(3)15-18(26)21(29)22(30)19(27)17-25;1-5-6-7-8-9-10-11-12-13-14-15-16-17-24(3,4)19-22(27)23(2)18-21(26)20-25/h21-22,24-25,28-30,32-33H,5-20H2,1-4H3;20-21,23-24,27-29,31-32H,4-19H2,1-3H3;18-19,21-22,25-27,29-30H,4-17H2,1-3H3;21,25-26H,5-20H2,1-4H3/q+1;;;+1/t21-,22+,24+,25+;20-,21+,23+,24+;18-,19+,21+,22+;/m000./s1. The second-order valence-corrected chi connectivity index (χ2v) is 36.8. The lowest BCUT2D eigenvalue weighted by atomic mass is 10.0. The summed E-state index contributed by atoms with van der Waals surface area (Å²) >= 11 is 0. The van der Waals surface area contributed by atoms with Gasteiger partial charge in [0.1, 0.15) is 73.2 Å². The highest BCUT2D eigenvalue weighted by atomic mass is 16.4. The zero-order valence-electron chi connectivity index (χ0n) is 80.2. The molecule has 29 heteroatoms. The third-order valence-corrected chi connectivity index (χ3v) is 23.2. The Balaban J connectivity index is -0.000000763. The average molecular weight is 1760 g/mol. The fourth-order valence-electron chi connectivity index (χ4n) is 14.5. The van der Waals surface area contributed by atoms with Gasteiger partial charge in [0, 0.05) is 54.4 Å². The molecular weight excluding hydrogens is 1570 g/mol. The lowest BCUT2D eigenvalue weighted by molar-refractivity contribution is -0.883. The summed E-state index contributed by atoms with van der Waals surface area (Å²) in [6.07, 6.45) is 39.9. The van der Waals surface area contributed by atoms with E-state index in [9.17, 15) is 85.6 Å². The number of quaternary nitrogens is 2. The van der Waals surface area contributed by atoms with Crippen LogP contribution in [0.25, 0.3) is 0 Å². The Kier molecular flexibility index (Phi) is 84.7. The molecule has 0 aromatic carbocycles. The lowest BCUT2D eigenvalue weighted by Crippen LogP contribution is -2.52. The fraction of sp³-hybridized carbons (Fsp3) is 0.957. The summed E-state index contributed by atoms with van der Waals surface area (Å²) in [6, 6.07) is 0. The normalized spacial score (nSPS) is 15.1. The molecule has 0 bridgehead atoms. The van der Waals surface area contributed by atoms with E-state index < -0.39 is 99.2 Å². The first-order valence-corrected chi connectivity index (χ1v) is 48.1. The molecule has 0 aliphatic rings. The Hall–Kier alpha value is -2.96. The minimum Gasteiger partial charge on any atom is -0.394 e. The summed E-state index contributed by atoms with van der Waals surface area (Å²) in [5.41, 5.74) is 0. The largest absolute Gasteiger partial charge is 0.394 e. The first-order chi connectivity index (χ1) is 57.8. The molecule has 0 rings (SSSR count). The third kappa shape index (κ3) is 72.9. The van der Waals surface area contributed by atoms with Gasteiger partial charge in [-0.25, -0.2) is 0 Å². The summed E-state index contributed by atoms with van der Waals surface area (Å²) in [5.74, 6) is -0.545. The number of aliphatic hydroxyl groups is 17. The molecule has 0 aliphatic heterocycles. The number of carbonyl (C=O) groups excluding carboxylic acids is 4. The minimum atomic E-state index is -1.69. The van der Waals surface area contributed by atoms with E-state index in [1.165, 1.54) is 291 Å². The number of unbranched alkanes of at least 4 members (excludes halogenated alkanes) is 42. The van der Waals surface area contributed by atoms with Crippen LogP contribution in [0.4, 0.5) is 0 Å². The Bertz CT molecular complexity index is 2350. The number of hydrogen-bond acceptors (Lipinski definition) is 23. The van der Waals surface area contributed by atoms with Crippen LogP contribution < -0.4 is 0 Å². The summed E-state index contributed by atoms with van der Waals surface area (Å²) in [4.78, 5) is 58.8. The molecule has 732 valence electrons. The second-order valence-electron chi connectivity index (χ2n) is 36.8. The maximum absolute atomic E-state index is 12.6. The van der Waals surface area contributed by atoms with Gasteiger partial charge in [0.15, 0.2) is 13.1 Å². The number of amides is 4. The summed E-state index contributed by atoms with van der Waals surface area (Å²) in [6.45, 7) is 10.8. The van der Waals surface area contributed by atoms with Crippen molar-refractivity contribution in [3.63, 3.8) is 0 Å². The van der Waals surface area contributed by atoms with Gasteiger partial charge >= 0.3 is 0 Å². The number of nitrogens with zero attached hydrogens (tertiary/aromatic N) is 8. The van der Waals surface area contributed by atoms with Crippen molar-refractivity contribution in [3.8, 4) is 0 Å². The molecule has 29 nitrogen and oxygen atoms in total. The molecule has 0 radical (unpaired) electrons. The van der Waals surface area contributed by atoms with Crippen LogP contribution in [0.1, 0.15) is 323 Å². The molecule has 0 saturated carbocycles. The quantitative estimate of drug-likeness (QED) is 0.0207. The van der Waals surface area contributed by atoms with Crippen molar-refractivity contribution in [2.75, 3.05) is 175 Å². The van der Waals surface area contributed by atoms with Crippen molar-refractivity contribution in [3.05, 3.63) is 0 Å². The molecule has 1 unspecified atom stereocenters. The van der Waals surface area contributed by atoms with Gasteiger partial charge in [0.05, 0.1) is 86.9 Å². The predicted molar refractivity (Wildman–Crippen MR) is 491 cm³/mol. The molecule has 0 heterocycles. The van der Waals surface area contributed by atoms with E-state index in [-0.39, 0.29) is 76.0 Å². The van der Waals surface area contributed by atoms with Crippen LogP contribution in [0.3, 0.4) is 0 Å². The SMILES string of the molecule is CCCCCCCCCCCCCCN(C)CC(=O)N(C)C[C@H](O)[C@@H](O)[C@H](O)[C@H](O)CO.CCCCCCCCCCCCCC[N+](C)(C)CC(=O)N(C)CC(O)CO.CCCCCCCCCCCCCC[N+](C)(C)CC(=O)N(C)C[C@H](O)[C@@H](O)[C@H](O)[C@H](O)CO.CCCCCCCCCCCCN(C)CC(=O)N(C)C[C@H](O)[C@@H](O)[C@H](O)[C@H](O)CO. The summed E-state index contributed by atoms with van der Waals surface area (Å²) < 4.78 is 1.22. The van der Waals surface area contributed by atoms with Crippen LogP contribution in [0.15, 0.2) is 0 Å². The summed E-state index contributed by atoms with van der Waals surface area (Å²) in [7, 11) is 18.2. The smallest absolute Gasteiger partial charge is 0.277 e. The molecule has 4 amide bonds. The minimum absolute atomic E-state index is 0.0198. The zero-order valence-corrected chi connectivity index (χ0v) is 80.2. The molecule has 13 atom stereocenters. The fourth-order valence-corrected chi connectivity index (χ4v) is 14.5. The number of hydrogen-bond donors (Lipinski definition) is 17. The molecule has 17 N–H and O–H groups in total. The van der Waals surface area contributed by atoms with Crippen molar-refractivity contribution in [1.82, 2.24) is 29.4 Å². The zero-order chi connectivity index (χ0) is 93.1. The van der Waals surface area contributed by atoms with Crippen molar-refractivity contribution in [2.24, 2.45) is 0 Å². The average Bonchev–Trinajstić information content (AvgIpc) is 0.885. The van der Waals surface area contributed by atoms with Gasteiger partial charge < -0.3 is 115 Å². The highest BCUT2D eigenvalue weighted by Gasteiger charge is 2.35. The number of carbonyl (C=O) groups is 4. The van der Waals surface area contributed by atoms with Crippen LogP contribution in [0.5, 0.6) is 0 Å². The first kappa shape index (κ1) is 125. The van der Waals surface area contributed by atoms with Crippen LogP contribution >= 0.6 is 0 Å². The van der Waals surface area contributed by atoms with Crippen molar-refractivity contribution >= 4 is 23.6 Å². The summed E-state index contributed by atoms with van der Waals surface area (Å²) in [5, 5.41) is 162. The molecule has 0 aromatic rings. The van der Waals surface area contributed by atoms with Gasteiger partial charge in [-0.1, -0.05) is 285 Å². The van der Waals surface area contributed by atoms with Gasteiger partial charge in [-0.2, -0.15) is 0 Å². The third-order valence-electron chi connectivity index (χ3n) is 23.2. The van der Waals surface area contributed by atoms with Crippen molar-refractivity contribution < 1.29 is 115 Å². The van der Waals surface area contributed by atoms with Crippen LogP contribution in [0.2, 0.25) is 0 Å². The molecule has 0 saturated heterocycles. The number of likely N-dealkylation sites (N-methyl/N-ethyl adjacent to an activating group) is 8.